The van der Waals surface area contributed by atoms with Gasteiger partial charge < -0.3 is 4.74 Å². The van der Waals surface area contributed by atoms with Crippen LogP contribution in [0.4, 0.5) is 0 Å². The number of allylic oxidation sites excluding steroid dienone is 2. The minimum atomic E-state index is -0.427. The second kappa shape index (κ2) is 11.0. The fraction of sp³-hybridized carbons (Fsp3) is 0.0741. The monoisotopic (exact) mass is 486 g/mol. The van der Waals surface area contributed by atoms with Crippen LogP contribution < -0.4 is 10.2 Å². The van der Waals surface area contributed by atoms with E-state index in [0.29, 0.717) is 22.8 Å². The maximum absolute atomic E-state index is 12.8. The highest BCUT2D eigenvalue weighted by Gasteiger charge is 2.33. The van der Waals surface area contributed by atoms with E-state index in [0.717, 1.165) is 33.5 Å². The van der Waals surface area contributed by atoms with E-state index < -0.39 is 5.91 Å². The van der Waals surface area contributed by atoms with Gasteiger partial charge in [0.25, 0.3) is 11.8 Å². The largest absolute Gasteiger partial charge is 0.489 e. The number of hydrogen-bond donors (Lipinski definition) is 1. The number of nitrogens with one attached hydrogen (secondary N) is 1. The van der Waals surface area contributed by atoms with Crippen LogP contribution in [0.5, 0.6) is 5.75 Å². The van der Waals surface area contributed by atoms with Crippen molar-refractivity contribution in [1.82, 2.24) is 10.4 Å². The summed E-state index contributed by atoms with van der Waals surface area (Å²) < 4.78 is 6.03. The van der Waals surface area contributed by atoms with Gasteiger partial charge in [0.05, 0.1) is 4.91 Å². The molecule has 1 heterocycles. The number of thioether (sulfide) groups is 1. The van der Waals surface area contributed by atoms with Gasteiger partial charge in [-0.2, -0.15) is 5.01 Å². The SMILES string of the molecule is CC(/C=C1\SC(=S)N(NC(=O)c2ccc(OCc3ccccc3)cc2)C1=O)=C\c1ccccc1. The van der Waals surface area contributed by atoms with Gasteiger partial charge in [0, 0.05) is 5.56 Å². The van der Waals surface area contributed by atoms with Crippen molar-refractivity contribution < 1.29 is 14.3 Å². The summed E-state index contributed by atoms with van der Waals surface area (Å²) >= 11 is 6.48. The van der Waals surface area contributed by atoms with Crippen LogP contribution in [0.3, 0.4) is 0 Å². The van der Waals surface area contributed by atoms with Crippen molar-refractivity contribution in [1.29, 1.82) is 0 Å². The van der Waals surface area contributed by atoms with Crippen molar-refractivity contribution in [2.24, 2.45) is 0 Å². The molecule has 1 fully saturated rings. The van der Waals surface area contributed by atoms with Gasteiger partial charge >= 0.3 is 0 Å². The molecule has 7 heteroatoms. The van der Waals surface area contributed by atoms with Crippen LogP contribution in [-0.4, -0.2) is 21.1 Å². The van der Waals surface area contributed by atoms with E-state index >= 15 is 0 Å². The van der Waals surface area contributed by atoms with E-state index in [9.17, 15) is 9.59 Å². The summed E-state index contributed by atoms with van der Waals surface area (Å²) in [6.07, 6.45) is 3.75. The third-order valence-electron chi connectivity index (χ3n) is 4.92. The van der Waals surface area contributed by atoms with Gasteiger partial charge in [-0.05, 0) is 66.2 Å². The predicted octanol–water partition coefficient (Wildman–Crippen LogP) is 5.76. The lowest BCUT2D eigenvalue weighted by Crippen LogP contribution is -2.44. The van der Waals surface area contributed by atoms with E-state index in [4.69, 9.17) is 17.0 Å². The Morgan fingerprint density at radius 1 is 1.00 bits per heavy atom. The molecule has 0 spiro atoms. The molecule has 3 aromatic rings. The molecule has 1 saturated heterocycles. The summed E-state index contributed by atoms with van der Waals surface area (Å²) in [6, 6.07) is 26.4. The number of nitrogens with zero attached hydrogens (tertiary/aromatic N) is 1. The highest BCUT2D eigenvalue weighted by atomic mass is 32.2. The first-order valence-corrected chi connectivity index (χ1v) is 11.8. The molecular formula is C27H22N2O3S2. The smallest absolute Gasteiger partial charge is 0.285 e. The van der Waals surface area contributed by atoms with E-state index in [1.165, 1.54) is 0 Å². The molecule has 0 unspecified atom stereocenters. The van der Waals surface area contributed by atoms with Gasteiger partial charge in [-0.25, -0.2) is 0 Å². The normalized spacial score (nSPS) is 15.0. The van der Waals surface area contributed by atoms with Gasteiger partial charge in [-0.15, -0.1) is 0 Å². The van der Waals surface area contributed by atoms with Crippen LogP contribution in [0.15, 0.2) is 101 Å². The third kappa shape index (κ3) is 6.01. The van der Waals surface area contributed by atoms with E-state index in [-0.39, 0.29) is 10.2 Å². The van der Waals surface area contributed by atoms with E-state index in [1.54, 1.807) is 30.3 Å². The molecule has 0 radical (unpaired) electrons. The number of amides is 2. The number of hydrogen-bond acceptors (Lipinski definition) is 5. The Morgan fingerprint density at radius 3 is 2.32 bits per heavy atom. The highest BCUT2D eigenvalue weighted by molar-refractivity contribution is 8.26. The van der Waals surface area contributed by atoms with Crippen LogP contribution in [0.2, 0.25) is 0 Å². The Balaban J connectivity index is 1.37. The Labute approximate surface area is 208 Å². The lowest BCUT2D eigenvalue weighted by molar-refractivity contribution is -0.123. The molecule has 4 rings (SSSR count). The van der Waals surface area contributed by atoms with Gasteiger partial charge in [0.15, 0.2) is 4.32 Å². The maximum Gasteiger partial charge on any atom is 0.285 e. The lowest BCUT2D eigenvalue weighted by atomic mass is 10.1. The van der Waals surface area contributed by atoms with Crippen molar-refractivity contribution in [3.63, 3.8) is 0 Å². The van der Waals surface area contributed by atoms with E-state index in [2.05, 4.69) is 5.43 Å². The average Bonchev–Trinajstić information content (AvgIpc) is 3.11. The molecule has 34 heavy (non-hydrogen) atoms. The minimum absolute atomic E-state index is 0.278. The minimum Gasteiger partial charge on any atom is -0.489 e. The van der Waals surface area contributed by atoms with Gasteiger partial charge in [-0.1, -0.05) is 78.5 Å². The molecule has 3 aromatic carbocycles. The third-order valence-corrected chi connectivity index (χ3v) is 6.23. The quantitative estimate of drug-likeness (QED) is 0.340. The molecule has 5 nitrogen and oxygen atoms in total. The van der Waals surface area contributed by atoms with Crippen LogP contribution >= 0.6 is 24.0 Å². The van der Waals surface area contributed by atoms with Crippen molar-refractivity contribution >= 4 is 46.2 Å². The summed E-state index contributed by atoms with van der Waals surface area (Å²) in [5.74, 6) is -0.134. The van der Waals surface area contributed by atoms with Gasteiger partial charge in [0.2, 0.25) is 0 Å². The lowest BCUT2D eigenvalue weighted by Gasteiger charge is -2.15. The fourth-order valence-electron chi connectivity index (χ4n) is 3.23. The number of benzene rings is 3. The van der Waals surface area contributed by atoms with Crippen molar-refractivity contribution in [2.45, 2.75) is 13.5 Å². The summed E-state index contributed by atoms with van der Waals surface area (Å²) in [4.78, 5) is 26.0. The Bertz CT molecular complexity index is 1250. The van der Waals surface area contributed by atoms with E-state index in [1.807, 2.05) is 73.7 Å². The number of ether oxygens (including phenoxy) is 1. The van der Waals surface area contributed by atoms with Gasteiger partial charge in [-0.3, -0.25) is 15.0 Å². The maximum atomic E-state index is 12.8. The van der Waals surface area contributed by atoms with Crippen LogP contribution in [0, 0.1) is 0 Å². The van der Waals surface area contributed by atoms with Crippen LogP contribution in [0.1, 0.15) is 28.4 Å². The second-order valence-corrected chi connectivity index (χ2v) is 9.23. The van der Waals surface area contributed by atoms with Crippen molar-refractivity contribution in [3.05, 3.63) is 118 Å². The first kappa shape index (κ1) is 23.5. The Morgan fingerprint density at radius 2 is 1.65 bits per heavy atom. The van der Waals surface area contributed by atoms with Gasteiger partial charge in [0.1, 0.15) is 12.4 Å². The molecule has 0 aromatic heterocycles. The molecule has 0 saturated carbocycles. The summed E-state index contributed by atoms with van der Waals surface area (Å²) in [6.45, 7) is 2.35. The highest BCUT2D eigenvalue weighted by Crippen LogP contribution is 2.31. The summed E-state index contributed by atoms with van der Waals surface area (Å²) in [5.41, 5.74) is 6.00. The predicted molar refractivity (Wildman–Crippen MR) is 140 cm³/mol. The molecule has 1 aliphatic heterocycles. The fourth-order valence-corrected chi connectivity index (χ4v) is 4.46. The number of carbonyl (C=O) groups is 2. The zero-order valence-corrected chi connectivity index (χ0v) is 20.1. The molecule has 0 atom stereocenters. The molecule has 0 aliphatic carbocycles. The zero-order chi connectivity index (χ0) is 23.9. The van der Waals surface area contributed by atoms with Crippen LogP contribution in [0.25, 0.3) is 6.08 Å². The standard InChI is InChI=1S/C27H22N2O3S2/c1-19(16-20-8-4-2-5-9-20)17-24-26(31)29(27(33)34-24)28-25(30)22-12-14-23(15-13-22)32-18-21-10-6-3-7-11-21/h2-17H,18H2,1H3,(H,28,30)/b19-16+,24-17-. The number of rotatable bonds is 7. The number of thiocarbonyl (C=S) groups is 1. The summed E-state index contributed by atoms with van der Waals surface area (Å²) in [5, 5.41) is 1.11. The number of carbonyl (C=O) groups excluding carboxylic acids is 2. The first-order chi connectivity index (χ1) is 16.5. The Hall–Kier alpha value is -3.68. The molecule has 170 valence electrons. The van der Waals surface area contributed by atoms with Crippen LogP contribution in [-0.2, 0) is 11.4 Å². The molecule has 1 N–H and O–H groups in total. The number of hydrazine groups is 1. The van der Waals surface area contributed by atoms with Crippen molar-refractivity contribution in [2.75, 3.05) is 0 Å². The second-order valence-electron chi connectivity index (χ2n) is 7.56. The van der Waals surface area contributed by atoms with Crippen molar-refractivity contribution in [3.8, 4) is 5.75 Å². The zero-order valence-electron chi connectivity index (χ0n) is 18.4. The Kier molecular flexibility index (Phi) is 7.57. The topological polar surface area (TPSA) is 58.6 Å². The molecular weight excluding hydrogens is 464 g/mol. The average molecular weight is 487 g/mol. The molecule has 0 bridgehead atoms. The molecule has 1 aliphatic rings. The molecule has 2 amide bonds. The first-order valence-electron chi connectivity index (χ1n) is 10.6. The summed E-state index contributed by atoms with van der Waals surface area (Å²) in [7, 11) is 0.